The topological polar surface area (TPSA) is 54.3 Å². The van der Waals surface area contributed by atoms with Crippen LogP contribution in [0.2, 0.25) is 0 Å². The first kappa shape index (κ1) is 18.2. The fourth-order valence-electron chi connectivity index (χ4n) is 3.73. The van der Waals surface area contributed by atoms with E-state index in [2.05, 4.69) is 34.3 Å². The summed E-state index contributed by atoms with van der Waals surface area (Å²) in [6.45, 7) is 1.56. The number of aryl methyl sites for hydroxylation is 1. The average molecular weight is 379 g/mol. The smallest absolute Gasteiger partial charge is 0.227 e. The van der Waals surface area contributed by atoms with Crippen LogP contribution < -0.4 is 10.2 Å². The number of anilines is 1. The van der Waals surface area contributed by atoms with Crippen LogP contribution in [0.1, 0.15) is 12.8 Å². The minimum Gasteiger partial charge on any atom is -0.356 e. The van der Waals surface area contributed by atoms with E-state index < -0.39 is 11.7 Å². The summed E-state index contributed by atoms with van der Waals surface area (Å²) in [4.78, 5) is 26.0. The van der Waals surface area contributed by atoms with Crippen LogP contribution in [-0.4, -0.2) is 29.5 Å². The number of fused-ring (bicyclic) bond motifs is 1. The van der Waals surface area contributed by atoms with Gasteiger partial charge in [-0.3, -0.25) is 9.59 Å². The van der Waals surface area contributed by atoms with Crippen molar-refractivity contribution >= 4 is 28.4 Å². The molecular weight excluding hydrogens is 357 g/mol. The SMILES string of the molecule is O=C(NCCCn1ccc2ccccc21)[C@@H]1CC(=O)N(c2ccccc2F)C1. The van der Waals surface area contributed by atoms with E-state index in [1.165, 1.54) is 21.9 Å². The second-order valence-corrected chi connectivity index (χ2v) is 7.07. The third kappa shape index (κ3) is 3.63. The zero-order valence-corrected chi connectivity index (χ0v) is 15.5. The number of benzene rings is 2. The van der Waals surface area contributed by atoms with Crippen molar-refractivity contribution in [1.29, 1.82) is 0 Å². The first-order valence-electron chi connectivity index (χ1n) is 9.50. The van der Waals surface area contributed by atoms with Gasteiger partial charge in [0, 0.05) is 37.8 Å². The molecule has 2 aromatic carbocycles. The van der Waals surface area contributed by atoms with E-state index in [0.29, 0.717) is 6.54 Å². The van der Waals surface area contributed by atoms with Gasteiger partial charge in [-0.05, 0) is 36.1 Å². The molecule has 1 fully saturated rings. The third-order valence-corrected chi connectivity index (χ3v) is 5.19. The summed E-state index contributed by atoms with van der Waals surface area (Å²) in [7, 11) is 0. The number of nitrogens with zero attached hydrogens (tertiary/aromatic N) is 2. The van der Waals surface area contributed by atoms with Crippen LogP contribution in [0.3, 0.4) is 0 Å². The van der Waals surface area contributed by atoms with Gasteiger partial charge in [-0.15, -0.1) is 0 Å². The predicted octanol–water partition coefficient (Wildman–Crippen LogP) is 3.34. The number of para-hydroxylation sites is 2. The summed E-state index contributed by atoms with van der Waals surface area (Å²) in [5.41, 5.74) is 1.41. The molecule has 1 atom stereocenters. The fraction of sp³-hybridized carbons (Fsp3) is 0.273. The van der Waals surface area contributed by atoms with Crippen molar-refractivity contribution in [3.8, 4) is 0 Å². The van der Waals surface area contributed by atoms with E-state index in [1.807, 2.05) is 12.1 Å². The lowest BCUT2D eigenvalue weighted by atomic mass is 10.1. The summed E-state index contributed by atoms with van der Waals surface area (Å²) < 4.78 is 16.1. The molecule has 28 heavy (non-hydrogen) atoms. The number of amides is 2. The fourth-order valence-corrected chi connectivity index (χ4v) is 3.73. The second kappa shape index (κ2) is 7.84. The number of halogens is 1. The van der Waals surface area contributed by atoms with E-state index >= 15 is 0 Å². The third-order valence-electron chi connectivity index (χ3n) is 5.19. The van der Waals surface area contributed by atoms with Gasteiger partial charge in [-0.2, -0.15) is 0 Å². The minimum atomic E-state index is -0.448. The highest BCUT2D eigenvalue weighted by atomic mass is 19.1. The molecule has 1 aliphatic rings. The molecule has 1 aromatic heterocycles. The Morgan fingerprint density at radius 1 is 1.11 bits per heavy atom. The van der Waals surface area contributed by atoms with Crippen molar-refractivity contribution in [2.24, 2.45) is 5.92 Å². The molecule has 0 unspecified atom stereocenters. The van der Waals surface area contributed by atoms with Gasteiger partial charge >= 0.3 is 0 Å². The number of aromatic nitrogens is 1. The van der Waals surface area contributed by atoms with Crippen LogP contribution in [0, 0.1) is 11.7 Å². The molecule has 1 saturated heterocycles. The maximum atomic E-state index is 13.9. The predicted molar refractivity (Wildman–Crippen MR) is 106 cm³/mol. The lowest BCUT2D eigenvalue weighted by molar-refractivity contribution is -0.126. The molecule has 2 heterocycles. The number of carbonyl (C=O) groups excluding carboxylic acids is 2. The van der Waals surface area contributed by atoms with E-state index in [1.54, 1.807) is 18.2 Å². The van der Waals surface area contributed by atoms with Gasteiger partial charge in [0.1, 0.15) is 5.82 Å². The molecule has 6 heteroatoms. The Kier molecular flexibility index (Phi) is 5.10. The van der Waals surface area contributed by atoms with Crippen molar-refractivity contribution in [2.45, 2.75) is 19.4 Å². The molecule has 0 aliphatic carbocycles. The maximum absolute atomic E-state index is 13.9. The molecule has 0 radical (unpaired) electrons. The molecule has 1 N–H and O–H groups in total. The molecule has 1 aliphatic heterocycles. The zero-order valence-electron chi connectivity index (χ0n) is 15.5. The Morgan fingerprint density at radius 3 is 2.75 bits per heavy atom. The number of nitrogens with one attached hydrogen (secondary N) is 1. The minimum absolute atomic E-state index is 0.113. The Morgan fingerprint density at radius 2 is 1.89 bits per heavy atom. The Hall–Kier alpha value is -3.15. The molecule has 0 spiro atoms. The quantitative estimate of drug-likeness (QED) is 0.668. The van der Waals surface area contributed by atoms with Gasteiger partial charge in [0.05, 0.1) is 11.6 Å². The van der Waals surface area contributed by atoms with E-state index in [4.69, 9.17) is 0 Å². The standard InChI is InChI=1S/C22H22FN3O2/c23-18-7-2-4-9-20(18)26-15-17(14-21(26)27)22(28)24-11-5-12-25-13-10-16-6-1-3-8-19(16)25/h1-4,6-10,13,17H,5,11-12,14-15H2,(H,24,28)/t17-/m1/s1. The normalized spacial score (nSPS) is 16.7. The van der Waals surface area contributed by atoms with Crippen LogP contribution in [-0.2, 0) is 16.1 Å². The largest absolute Gasteiger partial charge is 0.356 e. The molecule has 3 aromatic rings. The van der Waals surface area contributed by atoms with Crippen LogP contribution in [0.15, 0.2) is 60.8 Å². The van der Waals surface area contributed by atoms with Crippen LogP contribution in [0.25, 0.3) is 10.9 Å². The van der Waals surface area contributed by atoms with Crippen LogP contribution in [0.5, 0.6) is 0 Å². The van der Waals surface area contributed by atoms with Crippen molar-refractivity contribution < 1.29 is 14.0 Å². The number of rotatable bonds is 6. The molecule has 2 amide bonds. The summed E-state index contributed by atoms with van der Waals surface area (Å²) >= 11 is 0. The number of hydrogen-bond donors (Lipinski definition) is 1. The van der Waals surface area contributed by atoms with Gasteiger partial charge in [0.25, 0.3) is 0 Å². The van der Waals surface area contributed by atoms with Crippen molar-refractivity contribution in [3.63, 3.8) is 0 Å². The first-order chi connectivity index (χ1) is 13.6. The average Bonchev–Trinajstić information content (AvgIpc) is 3.29. The highest BCUT2D eigenvalue weighted by molar-refractivity contribution is 6.00. The van der Waals surface area contributed by atoms with Crippen molar-refractivity contribution in [3.05, 3.63) is 66.6 Å². The molecule has 144 valence electrons. The molecule has 5 nitrogen and oxygen atoms in total. The van der Waals surface area contributed by atoms with Crippen LogP contribution in [0.4, 0.5) is 10.1 Å². The van der Waals surface area contributed by atoms with Gasteiger partial charge in [0.15, 0.2) is 0 Å². The monoisotopic (exact) mass is 379 g/mol. The van der Waals surface area contributed by atoms with E-state index in [9.17, 15) is 14.0 Å². The summed E-state index contributed by atoms with van der Waals surface area (Å²) in [5, 5.41) is 4.12. The van der Waals surface area contributed by atoms with Gasteiger partial charge in [0.2, 0.25) is 11.8 Å². The summed E-state index contributed by atoms with van der Waals surface area (Å²) in [5.74, 6) is -1.26. The molecular formula is C22H22FN3O2. The maximum Gasteiger partial charge on any atom is 0.227 e. The second-order valence-electron chi connectivity index (χ2n) is 7.07. The van der Waals surface area contributed by atoms with E-state index in [0.717, 1.165) is 13.0 Å². The van der Waals surface area contributed by atoms with Crippen molar-refractivity contribution in [2.75, 3.05) is 18.0 Å². The molecule has 0 bridgehead atoms. The van der Waals surface area contributed by atoms with Crippen molar-refractivity contribution in [1.82, 2.24) is 9.88 Å². The number of carbonyl (C=O) groups is 2. The van der Waals surface area contributed by atoms with E-state index in [-0.39, 0.29) is 30.5 Å². The Labute approximate surface area is 162 Å². The number of hydrogen-bond acceptors (Lipinski definition) is 2. The lowest BCUT2D eigenvalue weighted by Gasteiger charge is -2.17. The highest BCUT2D eigenvalue weighted by Gasteiger charge is 2.35. The lowest BCUT2D eigenvalue weighted by Crippen LogP contribution is -2.34. The first-order valence-corrected chi connectivity index (χ1v) is 9.50. The molecule has 4 rings (SSSR count). The Bertz CT molecular complexity index is 1010. The Balaban J connectivity index is 1.29. The highest BCUT2D eigenvalue weighted by Crippen LogP contribution is 2.27. The van der Waals surface area contributed by atoms with Gasteiger partial charge in [-0.1, -0.05) is 30.3 Å². The van der Waals surface area contributed by atoms with Gasteiger partial charge < -0.3 is 14.8 Å². The van der Waals surface area contributed by atoms with Crippen LogP contribution >= 0.6 is 0 Å². The summed E-state index contributed by atoms with van der Waals surface area (Å²) in [6.07, 6.45) is 2.96. The molecule has 0 saturated carbocycles. The zero-order chi connectivity index (χ0) is 19.5. The summed E-state index contributed by atoms with van der Waals surface area (Å²) in [6, 6.07) is 16.4. The van der Waals surface area contributed by atoms with Gasteiger partial charge in [-0.25, -0.2) is 4.39 Å².